The monoisotopic (exact) mass is 300 g/mol. The molecule has 0 aliphatic heterocycles. The van der Waals surface area contributed by atoms with Crippen molar-refractivity contribution in [2.75, 3.05) is 11.2 Å². The summed E-state index contributed by atoms with van der Waals surface area (Å²) in [5, 5.41) is 7.65. The molecule has 3 N–H and O–H groups in total. The van der Waals surface area contributed by atoms with Gasteiger partial charge in [0.1, 0.15) is 5.82 Å². The number of thiazole rings is 1. The molecule has 0 bridgehead atoms. The number of nitrogen functional groups attached to an aromatic ring is 1. The largest absolute Gasteiger partial charge is 0.383 e. The Morgan fingerprint density at radius 1 is 1.44 bits per heavy atom. The Labute approximate surface area is 118 Å². The van der Waals surface area contributed by atoms with Gasteiger partial charge in [-0.25, -0.2) is 4.98 Å². The maximum Gasteiger partial charge on any atom is 0.205 e. The van der Waals surface area contributed by atoms with Crippen LogP contribution in [0.15, 0.2) is 22.6 Å². The van der Waals surface area contributed by atoms with Gasteiger partial charge in [0, 0.05) is 16.0 Å². The average molecular weight is 301 g/mol. The highest BCUT2D eigenvalue weighted by atomic mass is 35.5. The summed E-state index contributed by atoms with van der Waals surface area (Å²) in [4.78, 5) is 4.01. The third-order valence-corrected chi connectivity index (χ3v) is 3.63. The summed E-state index contributed by atoms with van der Waals surface area (Å²) in [5.41, 5.74) is 9.92. The number of hydrazone groups is 1. The van der Waals surface area contributed by atoms with E-state index < -0.39 is 0 Å². The maximum atomic E-state index is 6.14. The van der Waals surface area contributed by atoms with Crippen LogP contribution in [0.4, 0.5) is 10.9 Å². The van der Waals surface area contributed by atoms with E-state index in [1.807, 2.05) is 6.92 Å². The van der Waals surface area contributed by atoms with E-state index >= 15 is 0 Å². The summed E-state index contributed by atoms with van der Waals surface area (Å²) in [7, 11) is 0. The zero-order valence-electron chi connectivity index (χ0n) is 9.45. The van der Waals surface area contributed by atoms with Gasteiger partial charge in [-0.05, 0) is 24.6 Å². The number of aromatic nitrogens is 1. The van der Waals surface area contributed by atoms with Crippen LogP contribution in [-0.2, 0) is 0 Å². The molecule has 0 amide bonds. The van der Waals surface area contributed by atoms with Gasteiger partial charge in [-0.1, -0.05) is 23.2 Å². The van der Waals surface area contributed by atoms with Crippen molar-refractivity contribution >= 4 is 51.7 Å². The molecule has 0 radical (unpaired) electrons. The standard InChI is InChI=1S/C11H10Cl2N4S/c1-6-2-8(12)3-7(10(6)13)4-15-17-11-16-9(14)5-18-11/h2-5H,14H2,1H3,(H,16,17). The van der Waals surface area contributed by atoms with Gasteiger partial charge in [-0.2, -0.15) is 5.10 Å². The molecular formula is C11H10Cl2N4S. The number of anilines is 2. The SMILES string of the molecule is Cc1cc(Cl)cc(C=NNc2nc(N)cs2)c1Cl. The first-order valence-corrected chi connectivity index (χ1v) is 6.65. The predicted molar refractivity (Wildman–Crippen MR) is 78.9 cm³/mol. The van der Waals surface area contributed by atoms with Gasteiger partial charge in [-0.15, -0.1) is 11.3 Å². The third-order valence-electron chi connectivity index (χ3n) is 2.13. The Bertz CT molecular complexity index is 595. The van der Waals surface area contributed by atoms with E-state index in [0.717, 1.165) is 11.1 Å². The molecule has 0 aliphatic carbocycles. The fraction of sp³-hybridized carbons (Fsp3) is 0.0909. The van der Waals surface area contributed by atoms with Crippen LogP contribution in [0, 0.1) is 6.92 Å². The van der Waals surface area contributed by atoms with Crippen molar-refractivity contribution in [1.82, 2.24) is 4.98 Å². The number of hydrogen-bond acceptors (Lipinski definition) is 5. The Balaban J connectivity index is 2.14. The Hall–Kier alpha value is -1.30. The molecule has 0 saturated carbocycles. The van der Waals surface area contributed by atoms with Crippen LogP contribution < -0.4 is 11.2 Å². The Morgan fingerprint density at radius 3 is 2.89 bits per heavy atom. The third kappa shape index (κ3) is 3.13. The molecule has 2 rings (SSSR count). The Kier molecular flexibility index (Phi) is 4.06. The topological polar surface area (TPSA) is 63.3 Å². The van der Waals surface area contributed by atoms with Crippen LogP contribution in [-0.4, -0.2) is 11.2 Å². The molecule has 7 heteroatoms. The van der Waals surface area contributed by atoms with E-state index in [0.29, 0.717) is 21.0 Å². The Morgan fingerprint density at radius 2 is 2.22 bits per heavy atom. The van der Waals surface area contributed by atoms with Crippen molar-refractivity contribution in [3.05, 3.63) is 38.7 Å². The molecule has 0 spiro atoms. The molecule has 1 aromatic heterocycles. The zero-order valence-corrected chi connectivity index (χ0v) is 11.8. The minimum absolute atomic E-state index is 0.467. The molecule has 4 nitrogen and oxygen atoms in total. The maximum absolute atomic E-state index is 6.14. The summed E-state index contributed by atoms with van der Waals surface area (Å²) in [6, 6.07) is 3.55. The van der Waals surface area contributed by atoms with Gasteiger partial charge in [0.2, 0.25) is 5.13 Å². The number of halogens is 2. The van der Waals surface area contributed by atoms with Crippen LogP contribution in [0.5, 0.6) is 0 Å². The van der Waals surface area contributed by atoms with E-state index in [2.05, 4.69) is 15.5 Å². The van der Waals surface area contributed by atoms with E-state index in [-0.39, 0.29) is 0 Å². The summed E-state index contributed by atoms with van der Waals surface area (Å²) in [5.74, 6) is 0.467. The van der Waals surface area contributed by atoms with Gasteiger partial charge in [0.05, 0.1) is 11.2 Å². The van der Waals surface area contributed by atoms with Crippen molar-refractivity contribution in [2.24, 2.45) is 5.10 Å². The summed E-state index contributed by atoms with van der Waals surface area (Å²) in [6.45, 7) is 1.89. The van der Waals surface area contributed by atoms with E-state index in [1.165, 1.54) is 11.3 Å². The smallest absolute Gasteiger partial charge is 0.205 e. The van der Waals surface area contributed by atoms with Crippen LogP contribution in [0.3, 0.4) is 0 Å². The molecule has 1 aromatic carbocycles. The fourth-order valence-electron chi connectivity index (χ4n) is 1.34. The lowest BCUT2D eigenvalue weighted by Gasteiger charge is -2.03. The number of benzene rings is 1. The molecule has 0 saturated heterocycles. The minimum Gasteiger partial charge on any atom is -0.383 e. The highest BCUT2D eigenvalue weighted by molar-refractivity contribution is 7.14. The predicted octanol–water partition coefficient (Wildman–Crippen LogP) is 3.79. The molecule has 94 valence electrons. The average Bonchev–Trinajstić information content (AvgIpc) is 2.71. The number of nitrogens with zero attached hydrogens (tertiary/aromatic N) is 2. The number of aryl methyl sites for hydroxylation is 1. The lowest BCUT2D eigenvalue weighted by atomic mass is 10.1. The van der Waals surface area contributed by atoms with Crippen molar-refractivity contribution in [1.29, 1.82) is 0 Å². The molecule has 0 atom stereocenters. The van der Waals surface area contributed by atoms with Crippen molar-refractivity contribution in [2.45, 2.75) is 6.92 Å². The van der Waals surface area contributed by atoms with Gasteiger partial charge in [-0.3, -0.25) is 5.43 Å². The molecule has 0 unspecified atom stereocenters. The normalized spacial score (nSPS) is 11.1. The summed E-state index contributed by atoms with van der Waals surface area (Å²) in [6.07, 6.45) is 1.60. The summed E-state index contributed by atoms with van der Waals surface area (Å²) >= 11 is 13.5. The molecule has 0 fully saturated rings. The van der Waals surface area contributed by atoms with Crippen LogP contribution in [0.25, 0.3) is 0 Å². The quantitative estimate of drug-likeness (QED) is 0.669. The lowest BCUT2D eigenvalue weighted by molar-refractivity contribution is 1.29. The molecule has 18 heavy (non-hydrogen) atoms. The highest BCUT2D eigenvalue weighted by Gasteiger charge is 2.03. The zero-order chi connectivity index (χ0) is 13.1. The number of nitrogens with two attached hydrogens (primary N) is 1. The second-order valence-corrected chi connectivity index (χ2v) is 5.25. The first kappa shape index (κ1) is 13.1. The van der Waals surface area contributed by atoms with Crippen molar-refractivity contribution in [3.8, 4) is 0 Å². The van der Waals surface area contributed by atoms with Crippen LogP contribution >= 0.6 is 34.5 Å². The van der Waals surface area contributed by atoms with E-state index in [9.17, 15) is 0 Å². The molecule has 2 aromatic rings. The van der Waals surface area contributed by atoms with E-state index in [4.69, 9.17) is 28.9 Å². The van der Waals surface area contributed by atoms with Gasteiger partial charge >= 0.3 is 0 Å². The van der Waals surface area contributed by atoms with Crippen molar-refractivity contribution in [3.63, 3.8) is 0 Å². The minimum atomic E-state index is 0.467. The fourth-order valence-corrected chi connectivity index (χ4v) is 2.33. The summed E-state index contributed by atoms with van der Waals surface area (Å²) < 4.78 is 0. The number of hydrogen-bond donors (Lipinski definition) is 2. The first-order valence-electron chi connectivity index (χ1n) is 5.02. The second kappa shape index (κ2) is 5.56. The van der Waals surface area contributed by atoms with Crippen LogP contribution in [0.2, 0.25) is 10.0 Å². The first-order chi connectivity index (χ1) is 8.56. The number of nitrogens with one attached hydrogen (secondary N) is 1. The van der Waals surface area contributed by atoms with Gasteiger partial charge in [0.15, 0.2) is 0 Å². The molecular weight excluding hydrogens is 291 g/mol. The lowest BCUT2D eigenvalue weighted by Crippen LogP contribution is -1.93. The molecule has 1 heterocycles. The van der Waals surface area contributed by atoms with Crippen LogP contribution in [0.1, 0.15) is 11.1 Å². The molecule has 0 aliphatic rings. The van der Waals surface area contributed by atoms with E-state index in [1.54, 1.807) is 23.7 Å². The van der Waals surface area contributed by atoms with Gasteiger partial charge < -0.3 is 5.73 Å². The van der Waals surface area contributed by atoms with Gasteiger partial charge in [0.25, 0.3) is 0 Å². The second-order valence-electron chi connectivity index (χ2n) is 3.57. The highest BCUT2D eigenvalue weighted by Crippen LogP contribution is 2.24. The van der Waals surface area contributed by atoms with Crippen molar-refractivity contribution < 1.29 is 0 Å². The number of rotatable bonds is 3.